The van der Waals surface area contributed by atoms with Crippen LogP contribution in [0.1, 0.15) is 39.0 Å². The molecule has 0 radical (unpaired) electrons. The molecular weight excluding hydrogens is 124 g/mol. The summed E-state index contributed by atoms with van der Waals surface area (Å²) in [5, 5.41) is 0. The summed E-state index contributed by atoms with van der Waals surface area (Å²) in [5.41, 5.74) is 11.5. The van der Waals surface area contributed by atoms with E-state index in [2.05, 4.69) is 6.92 Å². The third-order valence-electron chi connectivity index (χ3n) is 2.67. The minimum absolute atomic E-state index is 0.354. The highest BCUT2D eigenvalue weighted by Crippen LogP contribution is 2.29. The van der Waals surface area contributed by atoms with E-state index in [0.717, 1.165) is 12.8 Å². The zero-order valence-corrected chi connectivity index (χ0v) is 6.77. The Morgan fingerprint density at radius 3 is 2.50 bits per heavy atom. The molecule has 0 saturated heterocycles. The summed E-state index contributed by atoms with van der Waals surface area (Å²) in [4.78, 5) is 0. The van der Waals surface area contributed by atoms with Crippen molar-refractivity contribution in [2.24, 2.45) is 17.4 Å². The van der Waals surface area contributed by atoms with Crippen molar-refractivity contribution in [3.05, 3.63) is 0 Å². The van der Waals surface area contributed by atoms with Gasteiger partial charge in [-0.1, -0.05) is 26.2 Å². The topological polar surface area (TPSA) is 52.0 Å². The van der Waals surface area contributed by atoms with E-state index in [1.54, 1.807) is 0 Å². The first-order chi connectivity index (χ1) is 4.67. The molecule has 1 atom stereocenters. The van der Waals surface area contributed by atoms with Gasteiger partial charge in [-0.3, -0.25) is 0 Å². The molecule has 0 aromatic rings. The third kappa shape index (κ3) is 1.50. The molecule has 0 aliphatic heterocycles. The maximum absolute atomic E-state index is 5.91. The van der Waals surface area contributed by atoms with Gasteiger partial charge in [0.2, 0.25) is 0 Å². The van der Waals surface area contributed by atoms with Crippen LogP contribution < -0.4 is 11.5 Å². The van der Waals surface area contributed by atoms with Gasteiger partial charge in [0.1, 0.15) is 0 Å². The number of rotatable bonds is 1. The minimum Gasteiger partial charge on any atom is -0.313 e. The van der Waals surface area contributed by atoms with Gasteiger partial charge in [0.15, 0.2) is 0 Å². The van der Waals surface area contributed by atoms with Gasteiger partial charge in [-0.15, -0.1) is 0 Å². The second-order valence-electron chi connectivity index (χ2n) is 3.46. The zero-order chi connectivity index (χ0) is 7.61. The molecule has 0 heterocycles. The van der Waals surface area contributed by atoms with Gasteiger partial charge in [0.25, 0.3) is 0 Å². The third-order valence-corrected chi connectivity index (χ3v) is 2.67. The molecular formula is C8H18N2. The SMILES string of the molecule is CCC1CCCCC1(N)N. The molecule has 0 aromatic heterocycles. The molecule has 0 spiro atoms. The summed E-state index contributed by atoms with van der Waals surface area (Å²) in [7, 11) is 0. The van der Waals surface area contributed by atoms with Crippen LogP contribution in [0.15, 0.2) is 0 Å². The van der Waals surface area contributed by atoms with E-state index in [9.17, 15) is 0 Å². The second-order valence-corrected chi connectivity index (χ2v) is 3.46. The number of hydrogen-bond acceptors (Lipinski definition) is 2. The molecule has 1 unspecified atom stereocenters. The van der Waals surface area contributed by atoms with E-state index in [1.165, 1.54) is 19.3 Å². The van der Waals surface area contributed by atoms with Crippen LogP contribution in [0, 0.1) is 5.92 Å². The van der Waals surface area contributed by atoms with Crippen molar-refractivity contribution in [2.45, 2.75) is 44.7 Å². The molecule has 1 aliphatic carbocycles. The van der Waals surface area contributed by atoms with Crippen molar-refractivity contribution in [1.82, 2.24) is 0 Å². The predicted molar refractivity (Wildman–Crippen MR) is 43.4 cm³/mol. The highest BCUT2D eigenvalue weighted by atomic mass is 15.0. The average Bonchev–Trinajstić information content (AvgIpc) is 1.87. The Morgan fingerprint density at radius 1 is 1.40 bits per heavy atom. The molecule has 0 amide bonds. The van der Waals surface area contributed by atoms with Crippen molar-refractivity contribution < 1.29 is 0 Å². The fraction of sp³-hybridized carbons (Fsp3) is 1.00. The summed E-state index contributed by atoms with van der Waals surface area (Å²) in [5.74, 6) is 0.557. The van der Waals surface area contributed by atoms with E-state index in [4.69, 9.17) is 11.5 Å². The van der Waals surface area contributed by atoms with Crippen LogP contribution >= 0.6 is 0 Å². The second kappa shape index (κ2) is 2.89. The molecule has 0 aromatic carbocycles. The van der Waals surface area contributed by atoms with Gasteiger partial charge in [-0.05, 0) is 18.8 Å². The smallest absolute Gasteiger partial charge is 0.0665 e. The molecule has 1 rings (SSSR count). The van der Waals surface area contributed by atoms with Crippen molar-refractivity contribution in [2.75, 3.05) is 0 Å². The normalized spacial score (nSPS) is 32.1. The summed E-state index contributed by atoms with van der Waals surface area (Å²) in [6.07, 6.45) is 5.89. The van der Waals surface area contributed by atoms with Crippen LogP contribution in [0.3, 0.4) is 0 Å². The lowest BCUT2D eigenvalue weighted by Crippen LogP contribution is -2.56. The first-order valence-corrected chi connectivity index (χ1v) is 4.24. The molecule has 4 N–H and O–H groups in total. The maximum Gasteiger partial charge on any atom is 0.0665 e. The van der Waals surface area contributed by atoms with Gasteiger partial charge in [-0.2, -0.15) is 0 Å². The summed E-state index contributed by atoms with van der Waals surface area (Å²) in [6.45, 7) is 2.17. The molecule has 1 saturated carbocycles. The summed E-state index contributed by atoms with van der Waals surface area (Å²) < 4.78 is 0. The van der Waals surface area contributed by atoms with Crippen molar-refractivity contribution in [1.29, 1.82) is 0 Å². The Labute approximate surface area is 63.0 Å². The maximum atomic E-state index is 5.91. The largest absolute Gasteiger partial charge is 0.313 e. The van der Waals surface area contributed by atoms with Crippen LogP contribution in [-0.4, -0.2) is 5.66 Å². The standard InChI is InChI=1S/C8H18N2/c1-2-7-5-3-4-6-8(7,9)10/h7H,2-6,9-10H2,1H3. The van der Waals surface area contributed by atoms with Gasteiger partial charge in [0, 0.05) is 0 Å². The molecule has 2 heteroatoms. The van der Waals surface area contributed by atoms with Crippen molar-refractivity contribution in [3.63, 3.8) is 0 Å². The monoisotopic (exact) mass is 142 g/mol. The van der Waals surface area contributed by atoms with Crippen molar-refractivity contribution >= 4 is 0 Å². The van der Waals surface area contributed by atoms with Crippen LogP contribution in [0.2, 0.25) is 0 Å². The molecule has 60 valence electrons. The molecule has 0 bridgehead atoms. The Kier molecular flexibility index (Phi) is 2.32. The predicted octanol–water partition coefficient (Wildman–Crippen LogP) is 1.20. The highest BCUT2D eigenvalue weighted by molar-refractivity contribution is 4.87. The van der Waals surface area contributed by atoms with E-state index >= 15 is 0 Å². The highest BCUT2D eigenvalue weighted by Gasteiger charge is 2.31. The van der Waals surface area contributed by atoms with Crippen LogP contribution in [0.5, 0.6) is 0 Å². The van der Waals surface area contributed by atoms with Gasteiger partial charge >= 0.3 is 0 Å². The fourth-order valence-corrected chi connectivity index (χ4v) is 1.88. The minimum atomic E-state index is -0.354. The lowest BCUT2D eigenvalue weighted by molar-refractivity contribution is 0.190. The lowest BCUT2D eigenvalue weighted by atomic mass is 9.79. The molecule has 2 nitrogen and oxygen atoms in total. The van der Waals surface area contributed by atoms with Gasteiger partial charge < -0.3 is 11.5 Å². The first kappa shape index (κ1) is 8.02. The van der Waals surface area contributed by atoms with Crippen molar-refractivity contribution in [3.8, 4) is 0 Å². The molecule has 1 aliphatic rings. The van der Waals surface area contributed by atoms with E-state index in [1.807, 2.05) is 0 Å². The number of nitrogens with two attached hydrogens (primary N) is 2. The van der Waals surface area contributed by atoms with Crippen LogP contribution in [0.25, 0.3) is 0 Å². The quantitative estimate of drug-likeness (QED) is 0.540. The van der Waals surface area contributed by atoms with E-state index < -0.39 is 0 Å². The van der Waals surface area contributed by atoms with Crippen LogP contribution in [-0.2, 0) is 0 Å². The molecule has 1 fully saturated rings. The Bertz CT molecular complexity index is 110. The Balaban J connectivity index is 2.51. The van der Waals surface area contributed by atoms with Crippen LogP contribution in [0.4, 0.5) is 0 Å². The first-order valence-electron chi connectivity index (χ1n) is 4.24. The fourth-order valence-electron chi connectivity index (χ4n) is 1.88. The van der Waals surface area contributed by atoms with E-state index in [0.29, 0.717) is 5.92 Å². The molecule has 10 heavy (non-hydrogen) atoms. The van der Waals surface area contributed by atoms with Gasteiger partial charge in [-0.25, -0.2) is 0 Å². The summed E-state index contributed by atoms with van der Waals surface area (Å²) in [6, 6.07) is 0. The van der Waals surface area contributed by atoms with E-state index in [-0.39, 0.29) is 5.66 Å². The van der Waals surface area contributed by atoms with Gasteiger partial charge in [0.05, 0.1) is 5.66 Å². The Morgan fingerprint density at radius 2 is 2.10 bits per heavy atom. The zero-order valence-electron chi connectivity index (χ0n) is 6.77. The lowest BCUT2D eigenvalue weighted by Gasteiger charge is -2.37. The average molecular weight is 142 g/mol. The number of hydrogen-bond donors (Lipinski definition) is 2. The Hall–Kier alpha value is -0.0800. The summed E-state index contributed by atoms with van der Waals surface area (Å²) >= 11 is 0.